The molecule has 0 unspecified atom stereocenters. The van der Waals surface area contributed by atoms with Crippen LogP contribution >= 0.6 is 11.8 Å². The van der Waals surface area contributed by atoms with Crippen molar-refractivity contribution < 1.29 is 4.79 Å². The van der Waals surface area contributed by atoms with E-state index in [1.165, 1.54) is 23.4 Å². The SMILES string of the molecule is C[C@H](Sc1nc(N)cc(=O)[nH]1)C(=O)c1ccc(C(C)(C)C)cc1. The molecule has 2 rings (SSSR count). The second kappa shape index (κ2) is 6.58. The lowest BCUT2D eigenvalue weighted by atomic mass is 9.86. The Bertz CT molecular complexity index is 761. The zero-order chi connectivity index (χ0) is 17.2. The van der Waals surface area contributed by atoms with Crippen LogP contribution in [0.25, 0.3) is 0 Å². The number of H-pyrrole nitrogens is 1. The highest BCUT2D eigenvalue weighted by Gasteiger charge is 2.19. The number of thioether (sulfide) groups is 1. The van der Waals surface area contributed by atoms with Crippen molar-refractivity contribution >= 4 is 23.4 Å². The van der Waals surface area contributed by atoms with Gasteiger partial charge in [-0.2, -0.15) is 0 Å². The van der Waals surface area contributed by atoms with Crippen LogP contribution in [0, 0.1) is 0 Å². The number of aromatic amines is 1. The van der Waals surface area contributed by atoms with E-state index >= 15 is 0 Å². The first-order valence-electron chi connectivity index (χ1n) is 7.35. The van der Waals surface area contributed by atoms with Gasteiger partial charge in [0.1, 0.15) is 5.82 Å². The summed E-state index contributed by atoms with van der Waals surface area (Å²) in [4.78, 5) is 30.5. The Morgan fingerprint density at radius 2 is 1.87 bits per heavy atom. The number of rotatable bonds is 4. The van der Waals surface area contributed by atoms with Crippen LogP contribution in [0.5, 0.6) is 0 Å². The van der Waals surface area contributed by atoms with Crippen LogP contribution in [0.1, 0.15) is 43.6 Å². The number of hydrogen-bond donors (Lipinski definition) is 2. The first-order chi connectivity index (χ1) is 10.7. The second-order valence-corrected chi connectivity index (χ2v) is 7.76. The summed E-state index contributed by atoms with van der Waals surface area (Å²) in [6.07, 6.45) is 0. The monoisotopic (exact) mass is 331 g/mol. The van der Waals surface area contributed by atoms with Gasteiger partial charge in [0.2, 0.25) is 0 Å². The van der Waals surface area contributed by atoms with Gasteiger partial charge >= 0.3 is 0 Å². The molecule has 0 aliphatic carbocycles. The van der Waals surface area contributed by atoms with Crippen LogP contribution < -0.4 is 11.3 Å². The summed E-state index contributed by atoms with van der Waals surface area (Å²) in [5, 5.41) is -0.0254. The van der Waals surface area contributed by atoms with Crippen molar-refractivity contribution in [2.24, 2.45) is 0 Å². The van der Waals surface area contributed by atoms with Crippen molar-refractivity contribution in [2.75, 3.05) is 5.73 Å². The Labute approximate surface area is 139 Å². The molecule has 1 aromatic carbocycles. The van der Waals surface area contributed by atoms with Crippen molar-refractivity contribution in [3.05, 3.63) is 51.8 Å². The van der Waals surface area contributed by atoms with E-state index < -0.39 is 0 Å². The topological polar surface area (TPSA) is 88.8 Å². The molecular weight excluding hydrogens is 310 g/mol. The first kappa shape index (κ1) is 17.3. The number of benzene rings is 1. The van der Waals surface area contributed by atoms with Gasteiger partial charge in [-0.1, -0.05) is 56.8 Å². The van der Waals surface area contributed by atoms with Gasteiger partial charge in [-0.3, -0.25) is 9.59 Å². The summed E-state index contributed by atoms with van der Waals surface area (Å²) in [6.45, 7) is 8.17. The fourth-order valence-electron chi connectivity index (χ4n) is 2.10. The molecule has 0 bridgehead atoms. The van der Waals surface area contributed by atoms with Crippen molar-refractivity contribution in [1.82, 2.24) is 9.97 Å². The molecule has 1 atom stereocenters. The Balaban J connectivity index is 2.14. The number of ketones is 1. The molecule has 23 heavy (non-hydrogen) atoms. The van der Waals surface area contributed by atoms with Crippen LogP contribution in [0.2, 0.25) is 0 Å². The van der Waals surface area contributed by atoms with Gasteiger partial charge in [-0.05, 0) is 17.9 Å². The third-order valence-corrected chi connectivity index (χ3v) is 4.42. The Morgan fingerprint density at radius 1 is 1.26 bits per heavy atom. The molecule has 0 saturated carbocycles. The average molecular weight is 331 g/mol. The molecule has 0 spiro atoms. The lowest BCUT2D eigenvalue weighted by molar-refractivity contribution is 0.0994. The van der Waals surface area contributed by atoms with Crippen LogP contribution in [0.4, 0.5) is 5.82 Å². The summed E-state index contributed by atoms with van der Waals surface area (Å²) >= 11 is 1.19. The lowest BCUT2D eigenvalue weighted by Gasteiger charge is -2.19. The highest BCUT2D eigenvalue weighted by atomic mass is 32.2. The van der Waals surface area contributed by atoms with Crippen molar-refractivity contribution in [2.45, 2.75) is 43.5 Å². The Kier molecular flexibility index (Phi) is 4.94. The number of nitrogen functional groups attached to an aromatic ring is 1. The van der Waals surface area contributed by atoms with Gasteiger partial charge in [-0.25, -0.2) is 4.98 Å². The van der Waals surface area contributed by atoms with Crippen molar-refractivity contribution in [3.63, 3.8) is 0 Å². The van der Waals surface area contributed by atoms with Gasteiger partial charge in [0.15, 0.2) is 10.9 Å². The van der Waals surface area contributed by atoms with E-state index in [4.69, 9.17) is 5.73 Å². The summed E-state index contributed by atoms with van der Waals surface area (Å²) in [5.74, 6) is 0.131. The molecule has 1 aromatic heterocycles. The summed E-state index contributed by atoms with van der Waals surface area (Å²) in [5.41, 5.74) is 7.09. The van der Waals surface area contributed by atoms with Crippen LogP contribution in [0.15, 0.2) is 40.3 Å². The van der Waals surface area contributed by atoms with Crippen LogP contribution in [-0.4, -0.2) is 21.0 Å². The van der Waals surface area contributed by atoms with Crippen molar-refractivity contribution in [1.29, 1.82) is 0 Å². The molecule has 1 heterocycles. The van der Waals surface area contributed by atoms with Gasteiger partial charge in [0, 0.05) is 11.6 Å². The molecule has 0 radical (unpaired) electrons. The van der Waals surface area contributed by atoms with E-state index in [0.717, 1.165) is 0 Å². The standard InChI is InChI=1S/C17H21N3O2S/c1-10(23-16-19-13(18)9-14(21)20-16)15(22)11-5-7-12(8-6-11)17(2,3)4/h5-10H,1-4H3,(H3,18,19,20,21)/t10-/m0/s1. The van der Waals surface area contributed by atoms with E-state index in [0.29, 0.717) is 10.7 Å². The normalized spacial score (nSPS) is 12.9. The van der Waals surface area contributed by atoms with Crippen LogP contribution in [0.3, 0.4) is 0 Å². The molecular formula is C17H21N3O2S. The number of carbonyl (C=O) groups is 1. The zero-order valence-electron chi connectivity index (χ0n) is 13.7. The van der Waals surface area contributed by atoms with E-state index in [2.05, 4.69) is 30.7 Å². The summed E-state index contributed by atoms with van der Waals surface area (Å²) in [7, 11) is 0. The molecule has 2 aromatic rings. The summed E-state index contributed by atoms with van der Waals surface area (Å²) < 4.78 is 0. The first-order valence-corrected chi connectivity index (χ1v) is 8.23. The predicted octanol–water partition coefficient (Wildman–Crippen LogP) is 3.01. The average Bonchev–Trinajstić information content (AvgIpc) is 2.44. The fraction of sp³-hybridized carbons (Fsp3) is 0.353. The molecule has 0 aliphatic heterocycles. The minimum absolute atomic E-state index is 0.0134. The number of anilines is 1. The highest BCUT2D eigenvalue weighted by molar-refractivity contribution is 8.00. The largest absolute Gasteiger partial charge is 0.383 e. The minimum Gasteiger partial charge on any atom is -0.383 e. The molecule has 6 heteroatoms. The predicted molar refractivity (Wildman–Crippen MR) is 94.1 cm³/mol. The van der Waals surface area contributed by atoms with Crippen molar-refractivity contribution in [3.8, 4) is 0 Å². The molecule has 0 aliphatic rings. The second-order valence-electron chi connectivity index (χ2n) is 6.43. The summed E-state index contributed by atoms with van der Waals surface area (Å²) in [6, 6.07) is 8.85. The van der Waals surface area contributed by atoms with Gasteiger partial charge in [-0.15, -0.1) is 0 Å². The van der Waals surface area contributed by atoms with Gasteiger partial charge in [0.25, 0.3) is 5.56 Å². The Hall–Kier alpha value is -2.08. The number of nitrogens with one attached hydrogen (secondary N) is 1. The van der Waals surface area contributed by atoms with E-state index in [-0.39, 0.29) is 27.8 Å². The third-order valence-electron chi connectivity index (χ3n) is 3.43. The minimum atomic E-state index is -0.375. The molecule has 0 amide bonds. The van der Waals surface area contributed by atoms with Crippen LogP contribution in [-0.2, 0) is 5.41 Å². The van der Waals surface area contributed by atoms with E-state index in [9.17, 15) is 9.59 Å². The van der Waals surface area contributed by atoms with E-state index in [1.807, 2.05) is 24.3 Å². The molecule has 122 valence electrons. The van der Waals surface area contributed by atoms with Gasteiger partial charge < -0.3 is 10.7 Å². The molecule has 0 fully saturated rings. The highest BCUT2D eigenvalue weighted by Crippen LogP contribution is 2.25. The number of hydrogen-bond acceptors (Lipinski definition) is 5. The van der Waals surface area contributed by atoms with E-state index in [1.54, 1.807) is 6.92 Å². The third kappa shape index (κ3) is 4.45. The number of aromatic nitrogens is 2. The molecule has 3 N–H and O–H groups in total. The molecule has 0 saturated heterocycles. The fourth-order valence-corrected chi connectivity index (χ4v) is 2.99. The number of nitrogens with zero attached hydrogens (tertiary/aromatic N) is 1. The van der Waals surface area contributed by atoms with Gasteiger partial charge in [0.05, 0.1) is 5.25 Å². The maximum absolute atomic E-state index is 12.5. The molecule has 5 nitrogen and oxygen atoms in total. The lowest BCUT2D eigenvalue weighted by Crippen LogP contribution is -2.17. The maximum Gasteiger partial charge on any atom is 0.253 e. The number of nitrogens with two attached hydrogens (primary N) is 1. The number of carbonyl (C=O) groups excluding carboxylic acids is 1. The number of Topliss-reactive ketones (excluding diaryl/α,β-unsaturated/α-hetero) is 1. The maximum atomic E-state index is 12.5. The quantitative estimate of drug-likeness (QED) is 0.511. The Morgan fingerprint density at radius 3 is 2.39 bits per heavy atom. The zero-order valence-corrected chi connectivity index (χ0v) is 14.5. The smallest absolute Gasteiger partial charge is 0.253 e.